The fourth-order valence-electron chi connectivity index (χ4n) is 3.43. The van der Waals surface area contributed by atoms with Crippen LogP contribution in [0.1, 0.15) is 31.2 Å². The first-order valence-electron chi connectivity index (χ1n) is 6.42. The Labute approximate surface area is 105 Å². The van der Waals surface area contributed by atoms with E-state index in [4.69, 9.17) is 5.73 Å². The average Bonchev–Trinajstić information content (AvgIpc) is 2.93. The number of fused-ring (bicyclic) bond motifs is 2. The predicted octanol–water partition coefficient (Wildman–Crippen LogP) is 2.87. The maximum atomic E-state index is 12.6. The van der Waals surface area contributed by atoms with Crippen LogP contribution in [0.2, 0.25) is 0 Å². The van der Waals surface area contributed by atoms with Crippen LogP contribution in [-0.2, 0) is 10.8 Å². The van der Waals surface area contributed by atoms with Crippen LogP contribution in [0.4, 0.5) is 5.69 Å². The fraction of sp³-hybridized carbons (Fsp3) is 0.571. The zero-order chi connectivity index (χ0) is 12.0. The minimum absolute atomic E-state index is 0.359. The molecule has 2 aliphatic rings. The summed E-state index contributed by atoms with van der Waals surface area (Å²) in [5.74, 6) is 1.51. The fourth-order valence-corrected chi connectivity index (χ4v) is 5.40. The smallest absolute Gasteiger partial charge is 0.0622 e. The number of rotatable bonds is 2. The molecule has 4 unspecified atom stereocenters. The van der Waals surface area contributed by atoms with E-state index in [1.54, 1.807) is 0 Å². The van der Waals surface area contributed by atoms with Crippen LogP contribution in [0.3, 0.4) is 0 Å². The number of anilines is 1. The van der Waals surface area contributed by atoms with Gasteiger partial charge in [0.1, 0.15) is 0 Å². The molecule has 1 aromatic rings. The van der Waals surface area contributed by atoms with Crippen LogP contribution < -0.4 is 5.73 Å². The van der Waals surface area contributed by atoms with Gasteiger partial charge in [-0.05, 0) is 55.7 Å². The molecule has 17 heavy (non-hydrogen) atoms. The largest absolute Gasteiger partial charge is 0.398 e. The molecular weight excluding hydrogens is 230 g/mol. The summed E-state index contributed by atoms with van der Waals surface area (Å²) in [4.78, 5) is 0.863. The molecule has 0 saturated heterocycles. The van der Waals surface area contributed by atoms with Gasteiger partial charge in [-0.1, -0.05) is 12.5 Å². The summed E-state index contributed by atoms with van der Waals surface area (Å²) in [5.41, 5.74) is 7.80. The van der Waals surface area contributed by atoms with Gasteiger partial charge in [0.15, 0.2) is 0 Å². The lowest BCUT2D eigenvalue weighted by atomic mass is 10.0. The third kappa shape index (κ3) is 1.90. The lowest BCUT2D eigenvalue weighted by Gasteiger charge is -2.21. The molecule has 2 N–H and O–H groups in total. The molecule has 0 amide bonds. The Bertz CT molecular complexity index is 471. The highest BCUT2D eigenvalue weighted by Gasteiger charge is 2.43. The van der Waals surface area contributed by atoms with Gasteiger partial charge in [0, 0.05) is 10.9 Å². The van der Waals surface area contributed by atoms with Crippen molar-refractivity contribution in [2.45, 2.75) is 42.8 Å². The van der Waals surface area contributed by atoms with Crippen molar-refractivity contribution in [2.75, 3.05) is 5.73 Å². The van der Waals surface area contributed by atoms with Gasteiger partial charge in [0.2, 0.25) is 0 Å². The Hall–Kier alpha value is -0.830. The summed E-state index contributed by atoms with van der Waals surface area (Å²) < 4.78 is 12.6. The first-order valence-corrected chi connectivity index (χ1v) is 7.63. The molecule has 3 rings (SSSR count). The highest BCUT2D eigenvalue weighted by atomic mass is 32.2. The lowest BCUT2D eigenvalue weighted by molar-refractivity contribution is 0.482. The Balaban J connectivity index is 1.89. The minimum Gasteiger partial charge on any atom is -0.398 e. The first-order chi connectivity index (χ1) is 8.15. The number of aryl methyl sites for hydroxylation is 1. The highest BCUT2D eigenvalue weighted by molar-refractivity contribution is 7.85. The van der Waals surface area contributed by atoms with Crippen molar-refractivity contribution in [1.82, 2.24) is 0 Å². The molecule has 2 nitrogen and oxygen atoms in total. The number of nitrogen functional groups attached to an aromatic ring is 1. The molecule has 4 atom stereocenters. The van der Waals surface area contributed by atoms with Crippen molar-refractivity contribution in [3.05, 3.63) is 23.8 Å². The van der Waals surface area contributed by atoms with Crippen molar-refractivity contribution >= 4 is 16.5 Å². The number of hydrogen-bond donors (Lipinski definition) is 1. The van der Waals surface area contributed by atoms with Crippen molar-refractivity contribution in [2.24, 2.45) is 11.8 Å². The molecule has 1 aromatic carbocycles. The number of nitrogens with two attached hydrogens (primary N) is 1. The van der Waals surface area contributed by atoms with Crippen molar-refractivity contribution in [3.63, 3.8) is 0 Å². The van der Waals surface area contributed by atoms with Gasteiger partial charge < -0.3 is 5.73 Å². The van der Waals surface area contributed by atoms with Gasteiger partial charge in [-0.25, -0.2) is 0 Å². The average molecular weight is 249 g/mol. The molecule has 92 valence electrons. The summed E-state index contributed by atoms with van der Waals surface area (Å²) in [7, 11) is -0.905. The summed E-state index contributed by atoms with van der Waals surface area (Å²) in [5, 5.41) is 0.359. The van der Waals surface area contributed by atoms with E-state index in [0.29, 0.717) is 16.9 Å². The second-order valence-corrected chi connectivity index (χ2v) is 7.19. The van der Waals surface area contributed by atoms with Crippen LogP contribution in [0, 0.1) is 18.8 Å². The zero-order valence-electron chi connectivity index (χ0n) is 10.2. The van der Waals surface area contributed by atoms with Crippen LogP contribution in [0.25, 0.3) is 0 Å². The number of hydrogen-bond acceptors (Lipinski definition) is 2. The molecule has 3 heteroatoms. The Morgan fingerprint density at radius 1 is 1.29 bits per heavy atom. The minimum atomic E-state index is -0.905. The van der Waals surface area contributed by atoms with E-state index in [9.17, 15) is 4.21 Å². The van der Waals surface area contributed by atoms with E-state index in [2.05, 4.69) is 0 Å². The molecule has 0 radical (unpaired) electrons. The van der Waals surface area contributed by atoms with E-state index in [1.807, 2.05) is 25.1 Å². The zero-order valence-corrected chi connectivity index (χ0v) is 11.0. The van der Waals surface area contributed by atoms with Gasteiger partial charge in [-0.2, -0.15) is 0 Å². The van der Waals surface area contributed by atoms with Crippen LogP contribution in [-0.4, -0.2) is 9.46 Å². The topological polar surface area (TPSA) is 43.1 Å². The van der Waals surface area contributed by atoms with Crippen molar-refractivity contribution in [3.8, 4) is 0 Å². The van der Waals surface area contributed by atoms with Gasteiger partial charge in [-0.15, -0.1) is 0 Å². The highest BCUT2D eigenvalue weighted by Crippen LogP contribution is 2.48. The van der Waals surface area contributed by atoms with Crippen molar-refractivity contribution in [1.29, 1.82) is 0 Å². The van der Waals surface area contributed by atoms with Gasteiger partial charge in [0.05, 0.1) is 15.7 Å². The maximum absolute atomic E-state index is 12.6. The van der Waals surface area contributed by atoms with E-state index in [-0.39, 0.29) is 0 Å². The second kappa shape index (κ2) is 4.13. The molecule has 2 bridgehead atoms. The maximum Gasteiger partial charge on any atom is 0.0622 e. The lowest BCUT2D eigenvalue weighted by Crippen LogP contribution is -2.23. The molecule has 0 aliphatic heterocycles. The second-order valence-electron chi connectivity index (χ2n) is 5.55. The third-order valence-corrected chi connectivity index (χ3v) is 6.25. The van der Waals surface area contributed by atoms with Crippen LogP contribution >= 0.6 is 0 Å². The molecule has 2 aliphatic carbocycles. The van der Waals surface area contributed by atoms with E-state index in [0.717, 1.165) is 22.8 Å². The number of benzene rings is 1. The van der Waals surface area contributed by atoms with Crippen molar-refractivity contribution < 1.29 is 4.21 Å². The molecule has 0 spiro atoms. The van der Waals surface area contributed by atoms with E-state index >= 15 is 0 Å². The van der Waals surface area contributed by atoms with Crippen LogP contribution in [0.15, 0.2) is 23.1 Å². The quantitative estimate of drug-likeness (QED) is 0.819. The molecule has 2 fully saturated rings. The van der Waals surface area contributed by atoms with Gasteiger partial charge in [0.25, 0.3) is 0 Å². The Morgan fingerprint density at radius 2 is 2.12 bits per heavy atom. The van der Waals surface area contributed by atoms with Gasteiger partial charge in [-0.3, -0.25) is 4.21 Å². The van der Waals surface area contributed by atoms with E-state index < -0.39 is 10.8 Å². The van der Waals surface area contributed by atoms with E-state index in [1.165, 1.54) is 19.3 Å². The summed E-state index contributed by atoms with van der Waals surface area (Å²) in [6, 6.07) is 5.87. The molecule has 0 heterocycles. The van der Waals surface area contributed by atoms with Gasteiger partial charge >= 0.3 is 0 Å². The summed E-state index contributed by atoms with van der Waals surface area (Å²) in [6.07, 6.45) is 5.06. The third-order valence-electron chi connectivity index (χ3n) is 4.33. The summed E-state index contributed by atoms with van der Waals surface area (Å²) >= 11 is 0. The molecular formula is C14H19NOS. The summed E-state index contributed by atoms with van der Waals surface area (Å²) in [6.45, 7) is 2.03. The standard InChI is InChI=1S/C14H19NOS/c1-9-2-5-12(15)14(6-9)17(16)13-8-10-3-4-11(13)7-10/h2,5-6,10-11,13H,3-4,7-8,15H2,1H3. The monoisotopic (exact) mass is 249 g/mol. The Morgan fingerprint density at radius 3 is 2.76 bits per heavy atom. The molecule has 2 saturated carbocycles. The predicted molar refractivity (Wildman–Crippen MR) is 71.2 cm³/mol. The van der Waals surface area contributed by atoms with Crippen LogP contribution in [0.5, 0.6) is 0 Å². The molecule has 0 aromatic heterocycles. The normalized spacial score (nSPS) is 32.9. The Kier molecular flexibility index (Phi) is 2.74. The SMILES string of the molecule is Cc1ccc(N)c(S(=O)C2CC3CCC2C3)c1. The first kappa shape index (κ1) is 11.3.